The van der Waals surface area contributed by atoms with Gasteiger partial charge in [0.1, 0.15) is 5.75 Å². The molecule has 0 aliphatic heterocycles. The summed E-state index contributed by atoms with van der Waals surface area (Å²) in [4.78, 5) is 14.0. The van der Waals surface area contributed by atoms with E-state index in [4.69, 9.17) is 4.74 Å². The van der Waals surface area contributed by atoms with Crippen LogP contribution in [0.4, 0.5) is 10.5 Å². The number of hydrogen-bond donors (Lipinski definition) is 2. The van der Waals surface area contributed by atoms with E-state index >= 15 is 0 Å². The maximum absolute atomic E-state index is 12.4. The molecule has 2 N–H and O–H groups in total. The molecule has 0 heterocycles. The van der Waals surface area contributed by atoms with Gasteiger partial charge in [0, 0.05) is 25.2 Å². The van der Waals surface area contributed by atoms with E-state index in [9.17, 15) is 9.90 Å². The van der Waals surface area contributed by atoms with Crippen LogP contribution in [-0.2, 0) is 0 Å². The lowest BCUT2D eigenvalue weighted by atomic mass is 9.86. The van der Waals surface area contributed by atoms with Crippen molar-refractivity contribution in [2.45, 2.75) is 45.6 Å². The van der Waals surface area contributed by atoms with E-state index in [-0.39, 0.29) is 18.1 Å². The van der Waals surface area contributed by atoms with Gasteiger partial charge in [-0.2, -0.15) is 0 Å². The van der Waals surface area contributed by atoms with Crippen LogP contribution in [0, 0.1) is 12.8 Å². The molecule has 0 radical (unpaired) electrons. The fourth-order valence-electron chi connectivity index (χ4n) is 3.08. The van der Waals surface area contributed by atoms with Crippen LogP contribution < -0.4 is 10.1 Å². The van der Waals surface area contributed by atoms with E-state index in [0.29, 0.717) is 13.2 Å². The Morgan fingerprint density at radius 3 is 2.78 bits per heavy atom. The number of hydrogen-bond acceptors (Lipinski definition) is 3. The zero-order chi connectivity index (χ0) is 16.8. The number of benzene rings is 1. The highest BCUT2D eigenvalue weighted by atomic mass is 16.5. The van der Waals surface area contributed by atoms with Gasteiger partial charge in [0.15, 0.2) is 0 Å². The van der Waals surface area contributed by atoms with E-state index in [1.165, 1.54) is 0 Å². The smallest absolute Gasteiger partial charge is 0.321 e. The van der Waals surface area contributed by atoms with Crippen molar-refractivity contribution in [1.82, 2.24) is 4.90 Å². The molecule has 1 fully saturated rings. The zero-order valence-corrected chi connectivity index (χ0v) is 14.3. The number of anilines is 1. The summed E-state index contributed by atoms with van der Waals surface area (Å²) in [5.74, 6) is 0.989. The normalized spacial score (nSPS) is 20.9. The van der Waals surface area contributed by atoms with Gasteiger partial charge in [0.25, 0.3) is 0 Å². The maximum Gasteiger partial charge on any atom is 0.321 e. The second kappa shape index (κ2) is 8.20. The van der Waals surface area contributed by atoms with Crippen LogP contribution in [0.2, 0.25) is 0 Å². The number of nitrogens with one attached hydrogen (secondary N) is 1. The number of rotatable bonds is 5. The van der Waals surface area contributed by atoms with Gasteiger partial charge in [0.2, 0.25) is 0 Å². The predicted octanol–water partition coefficient (Wildman–Crippen LogP) is 3.41. The number of aliphatic hydroxyl groups is 1. The predicted molar refractivity (Wildman–Crippen MR) is 92.0 cm³/mol. The van der Waals surface area contributed by atoms with E-state index in [1.54, 1.807) is 11.9 Å². The first kappa shape index (κ1) is 17.6. The minimum atomic E-state index is -0.286. The number of amides is 2. The SMILES string of the molecule is CCOc1ccc(NC(=O)N(C)CC2CCCCC2O)c(C)c1. The molecule has 1 aliphatic rings. The van der Waals surface area contributed by atoms with E-state index < -0.39 is 0 Å². The van der Waals surface area contributed by atoms with Crippen LogP contribution in [0.3, 0.4) is 0 Å². The van der Waals surface area contributed by atoms with Crippen molar-refractivity contribution in [3.05, 3.63) is 23.8 Å². The molecule has 23 heavy (non-hydrogen) atoms. The zero-order valence-electron chi connectivity index (χ0n) is 14.3. The lowest BCUT2D eigenvalue weighted by Gasteiger charge is -2.31. The average Bonchev–Trinajstić information content (AvgIpc) is 2.52. The summed E-state index contributed by atoms with van der Waals surface area (Å²) in [6, 6.07) is 5.50. The van der Waals surface area contributed by atoms with Crippen molar-refractivity contribution in [2.24, 2.45) is 5.92 Å². The molecule has 2 atom stereocenters. The third-order valence-electron chi connectivity index (χ3n) is 4.47. The highest BCUT2D eigenvalue weighted by molar-refractivity contribution is 5.90. The molecule has 0 aromatic heterocycles. The molecule has 0 spiro atoms. The summed E-state index contributed by atoms with van der Waals surface area (Å²) >= 11 is 0. The molecule has 1 aromatic carbocycles. The highest BCUT2D eigenvalue weighted by Gasteiger charge is 2.25. The van der Waals surface area contributed by atoms with Crippen LogP contribution in [0.5, 0.6) is 5.75 Å². The van der Waals surface area contributed by atoms with Crippen LogP contribution in [-0.4, -0.2) is 42.3 Å². The average molecular weight is 320 g/mol. The molecule has 1 saturated carbocycles. The molecule has 5 nitrogen and oxygen atoms in total. The Balaban J connectivity index is 1.92. The standard InChI is InChI=1S/C18H28N2O3/c1-4-23-15-9-10-16(13(2)11-15)19-18(22)20(3)12-14-7-5-6-8-17(14)21/h9-11,14,17,21H,4-8,12H2,1-3H3,(H,19,22). The first-order valence-corrected chi connectivity index (χ1v) is 8.45. The van der Waals surface area contributed by atoms with Crippen LogP contribution >= 0.6 is 0 Å². The number of aryl methyl sites for hydroxylation is 1. The Kier molecular flexibility index (Phi) is 6.28. The summed E-state index contributed by atoms with van der Waals surface area (Å²) < 4.78 is 5.46. The largest absolute Gasteiger partial charge is 0.494 e. The summed E-state index contributed by atoms with van der Waals surface area (Å²) in [6.07, 6.45) is 3.76. The number of carbonyl (C=O) groups excluding carboxylic acids is 1. The Bertz CT molecular complexity index is 533. The van der Waals surface area contributed by atoms with Crippen molar-refractivity contribution < 1.29 is 14.6 Å². The third kappa shape index (κ3) is 4.86. The molecule has 0 saturated heterocycles. The van der Waals surface area contributed by atoms with Gasteiger partial charge >= 0.3 is 6.03 Å². The Hall–Kier alpha value is -1.75. The van der Waals surface area contributed by atoms with Crippen molar-refractivity contribution >= 4 is 11.7 Å². The van der Waals surface area contributed by atoms with E-state index in [1.807, 2.05) is 32.0 Å². The highest BCUT2D eigenvalue weighted by Crippen LogP contribution is 2.25. The van der Waals surface area contributed by atoms with Crippen molar-refractivity contribution in [3.8, 4) is 5.75 Å². The molecule has 2 amide bonds. The minimum Gasteiger partial charge on any atom is -0.494 e. The third-order valence-corrected chi connectivity index (χ3v) is 4.47. The van der Waals surface area contributed by atoms with Gasteiger partial charge in [-0.3, -0.25) is 0 Å². The number of urea groups is 1. The van der Waals surface area contributed by atoms with Gasteiger partial charge in [-0.25, -0.2) is 4.79 Å². The Morgan fingerprint density at radius 1 is 1.39 bits per heavy atom. The number of aliphatic hydroxyl groups excluding tert-OH is 1. The summed E-state index contributed by atoms with van der Waals surface area (Å²) in [6.45, 7) is 5.10. The lowest BCUT2D eigenvalue weighted by Crippen LogP contribution is -2.40. The van der Waals surface area contributed by atoms with Crippen molar-refractivity contribution in [2.75, 3.05) is 25.5 Å². The molecular formula is C18H28N2O3. The topological polar surface area (TPSA) is 61.8 Å². The van der Waals surface area contributed by atoms with Gasteiger partial charge in [0.05, 0.1) is 12.7 Å². The van der Waals surface area contributed by atoms with Crippen LogP contribution in [0.25, 0.3) is 0 Å². The summed E-state index contributed by atoms with van der Waals surface area (Å²) in [5.41, 5.74) is 1.75. The number of carbonyl (C=O) groups is 1. The van der Waals surface area contributed by atoms with E-state index in [2.05, 4.69) is 5.32 Å². The fourth-order valence-corrected chi connectivity index (χ4v) is 3.08. The van der Waals surface area contributed by atoms with Crippen LogP contribution in [0.15, 0.2) is 18.2 Å². The second-order valence-electron chi connectivity index (χ2n) is 6.33. The molecule has 2 unspecified atom stereocenters. The monoisotopic (exact) mass is 320 g/mol. The van der Waals surface area contributed by atoms with Gasteiger partial charge < -0.3 is 20.1 Å². The first-order chi connectivity index (χ1) is 11.0. The lowest BCUT2D eigenvalue weighted by molar-refractivity contribution is 0.0575. The Morgan fingerprint density at radius 2 is 2.13 bits per heavy atom. The quantitative estimate of drug-likeness (QED) is 0.874. The maximum atomic E-state index is 12.4. The van der Waals surface area contributed by atoms with Gasteiger partial charge in [-0.15, -0.1) is 0 Å². The number of ether oxygens (including phenoxy) is 1. The summed E-state index contributed by atoms with van der Waals surface area (Å²) in [5, 5.41) is 13.0. The molecule has 128 valence electrons. The fraction of sp³-hybridized carbons (Fsp3) is 0.611. The first-order valence-electron chi connectivity index (χ1n) is 8.45. The minimum absolute atomic E-state index is 0.143. The second-order valence-corrected chi connectivity index (χ2v) is 6.33. The molecule has 1 aromatic rings. The van der Waals surface area contributed by atoms with Gasteiger partial charge in [-0.1, -0.05) is 12.8 Å². The molecule has 5 heteroatoms. The van der Waals surface area contributed by atoms with Crippen molar-refractivity contribution in [1.29, 1.82) is 0 Å². The van der Waals surface area contributed by atoms with Crippen molar-refractivity contribution in [3.63, 3.8) is 0 Å². The molecule has 2 rings (SSSR count). The number of nitrogens with zero attached hydrogens (tertiary/aromatic N) is 1. The summed E-state index contributed by atoms with van der Waals surface area (Å²) in [7, 11) is 1.78. The van der Waals surface area contributed by atoms with Gasteiger partial charge in [-0.05, 0) is 50.5 Å². The van der Waals surface area contributed by atoms with Crippen LogP contribution in [0.1, 0.15) is 38.2 Å². The molecule has 1 aliphatic carbocycles. The Labute approximate surface area is 138 Å². The van der Waals surface area contributed by atoms with E-state index in [0.717, 1.165) is 42.7 Å². The molecule has 0 bridgehead atoms. The molecular weight excluding hydrogens is 292 g/mol.